The first-order valence-corrected chi connectivity index (χ1v) is 9.47. The van der Waals surface area contributed by atoms with Crippen LogP contribution in [0.5, 0.6) is 0 Å². The lowest BCUT2D eigenvalue weighted by Gasteiger charge is -2.16. The molecule has 0 amide bonds. The average Bonchev–Trinajstić information content (AvgIpc) is 2.68. The molecule has 0 aliphatic rings. The molecule has 3 aromatic rings. The van der Waals surface area contributed by atoms with Crippen molar-refractivity contribution in [2.75, 3.05) is 17.2 Å². The standard InChI is InChI=1S/C22H27N5/c1-16(2)19-13-7-9-17(3)21(19)26-22-25-20(15-24-27-22)23-14-8-12-18-10-5-4-6-11-18/h4-7,9-11,13,15-16H,8,12,14H2,1-3H3,(H2,23,25,26,27). The largest absolute Gasteiger partial charge is 0.369 e. The van der Waals surface area contributed by atoms with Gasteiger partial charge in [0.1, 0.15) is 0 Å². The van der Waals surface area contributed by atoms with Gasteiger partial charge >= 0.3 is 0 Å². The first-order valence-electron chi connectivity index (χ1n) is 9.47. The smallest absolute Gasteiger partial charge is 0.249 e. The molecule has 0 radical (unpaired) electrons. The van der Waals surface area contributed by atoms with E-state index in [0.29, 0.717) is 11.9 Å². The summed E-state index contributed by atoms with van der Waals surface area (Å²) in [7, 11) is 0. The summed E-state index contributed by atoms with van der Waals surface area (Å²) in [5.41, 5.74) is 4.84. The summed E-state index contributed by atoms with van der Waals surface area (Å²) >= 11 is 0. The fourth-order valence-corrected chi connectivity index (χ4v) is 3.05. The third kappa shape index (κ3) is 5.26. The van der Waals surface area contributed by atoms with E-state index in [-0.39, 0.29) is 0 Å². The lowest BCUT2D eigenvalue weighted by atomic mass is 9.98. The van der Waals surface area contributed by atoms with Crippen molar-refractivity contribution >= 4 is 17.5 Å². The van der Waals surface area contributed by atoms with E-state index in [1.54, 1.807) is 6.20 Å². The molecule has 0 fully saturated rings. The fourth-order valence-electron chi connectivity index (χ4n) is 3.05. The van der Waals surface area contributed by atoms with Crippen LogP contribution in [0.25, 0.3) is 0 Å². The first-order chi connectivity index (χ1) is 13.1. The lowest BCUT2D eigenvalue weighted by molar-refractivity contribution is 0.852. The molecule has 0 unspecified atom stereocenters. The Morgan fingerprint density at radius 2 is 1.81 bits per heavy atom. The van der Waals surface area contributed by atoms with Crippen LogP contribution in [0, 0.1) is 6.92 Å². The molecular weight excluding hydrogens is 334 g/mol. The number of rotatable bonds is 8. The third-order valence-corrected chi connectivity index (χ3v) is 4.51. The number of hydrogen-bond donors (Lipinski definition) is 2. The van der Waals surface area contributed by atoms with Gasteiger partial charge in [-0.15, -0.1) is 5.10 Å². The Balaban J connectivity index is 1.61. The minimum absolute atomic E-state index is 0.416. The third-order valence-electron chi connectivity index (χ3n) is 4.51. The Morgan fingerprint density at radius 3 is 2.59 bits per heavy atom. The molecule has 0 bridgehead atoms. The van der Waals surface area contributed by atoms with Crippen molar-refractivity contribution < 1.29 is 0 Å². The van der Waals surface area contributed by atoms with Crippen LogP contribution in [-0.4, -0.2) is 21.7 Å². The number of aromatic nitrogens is 3. The van der Waals surface area contributed by atoms with E-state index >= 15 is 0 Å². The number of nitrogens with one attached hydrogen (secondary N) is 2. The Bertz CT molecular complexity index is 862. The monoisotopic (exact) mass is 361 g/mol. The highest BCUT2D eigenvalue weighted by Gasteiger charge is 2.11. The van der Waals surface area contributed by atoms with Crippen LogP contribution in [-0.2, 0) is 6.42 Å². The van der Waals surface area contributed by atoms with Crippen molar-refractivity contribution in [3.63, 3.8) is 0 Å². The molecule has 2 aromatic carbocycles. The van der Waals surface area contributed by atoms with Gasteiger partial charge in [-0.1, -0.05) is 62.4 Å². The number of para-hydroxylation sites is 1. The topological polar surface area (TPSA) is 62.7 Å². The van der Waals surface area contributed by atoms with Crippen molar-refractivity contribution in [2.24, 2.45) is 0 Å². The predicted octanol–water partition coefficient (Wildman–Crippen LogP) is 5.09. The zero-order valence-corrected chi connectivity index (χ0v) is 16.2. The summed E-state index contributed by atoms with van der Waals surface area (Å²) in [6.07, 6.45) is 3.74. The molecule has 5 heteroatoms. The molecule has 5 nitrogen and oxygen atoms in total. The number of anilines is 3. The Labute approximate surface area is 161 Å². The summed E-state index contributed by atoms with van der Waals surface area (Å²) in [4.78, 5) is 4.56. The van der Waals surface area contributed by atoms with Crippen LogP contribution in [0.4, 0.5) is 17.5 Å². The van der Waals surface area contributed by atoms with E-state index < -0.39 is 0 Å². The molecule has 0 aliphatic carbocycles. The van der Waals surface area contributed by atoms with Gasteiger partial charge in [-0.2, -0.15) is 10.1 Å². The Kier molecular flexibility index (Phi) is 6.36. The van der Waals surface area contributed by atoms with Crippen LogP contribution in [0.15, 0.2) is 54.7 Å². The van der Waals surface area contributed by atoms with E-state index in [1.165, 1.54) is 16.7 Å². The molecule has 27 heavy (non-hydrogen) atoms. The van der Waals surface area contributed by atoms with E-state index in [9.17, 15) is 0 Å². The summed E-state index contributed by atoms with van der Waals surface area (Å²) in [5, 5.41) is 14.9. The molecule has 0 atom stereocenters. The van der Waals surface area contributed by atoms with E-state index in [1.807, 2.05) is 6.07 Å². The average molecular weight is 361 g/mol. The molecule has 2 N–H and O–H groups in total. The van der Waals surface area contributed by atoms with Crippen LogP contribution < -0.4 is 10.6 Å². The zero-order valence-electron chi connectivity index (χ0n) is 16.2. The van der Waals surface area contributed by atoms with Gasteiger partial charge in [-0.05, 0) is 42.4 Å². The van der Waals surface area contributed by atoms with Crippen molar-refractivity contribution in [3.05, 3.63) is 71.4 Å². The number of benzene rings is 2. The van der Waals surface area contributed by atoms with Crippen LogP contribution >= 0.6 is 0 Å². The summed E-state index contributed by atoms with van der Waals surface area (Å²) < 4.78 is 0. The molecule has 0 saturated carbocycles. The lowest BCUT2D eigenvalue weighted by Crippen LogP contribution is -2.09. The van der Waals surface area contributed by atoms with E-state index in [0.717, 1.165) is 30.9 Å². The SMILES string of the molecule is Cc1cccc(C(C)C)c1Nc1nncc(NCCCc2ccccc2)n1. The Hall–Kier alpha value is -2.95. The number of aryl methyl sites for hydroxylation is 2. The highest BCUT2D eigenvalue weighted by Crippen LogP contribution is 2.29. The predicted molar refractivity (Wildman–Crippen MR) is 112 cm³/mol. The van der Waals surface area contributed by atoms with Crippen molar-refractivity contribution in [1.82, 2.24) is 15.2 Å². The number of hydrogen-bond acceptors (Lipinski definition) is 5. The van der Waals surface area contributed by atoms with Crippen LogP contribution in [0.3, 0.4) is 0 Å². The van der Waals surface area contributed by atoms with Crippen molar-refractivity contribution in [2.45, 2.75) is 39.5 Å². The maximum Gasteiger partial charge on any atom is 0.249 e. The number of nitrogens with zero attached hydrogens (tertiary/aromatic N) is 3. The second-order valence-corrected chi connectivity index (χ2v) is 7.00. The molecule has 140 valence electrons. The van der Waals surface area contributed by atoms with Crippen LogP contribution in [0.1, 0.15) is 42.9 Å². The molecule has 0 aliphatic heterocycles. The first kappa shape index (κ1) is 18.8. The maximum absolute atomic E-state index is 4.56. The zero-order chi connectivity index (χ0) is 19.1. The molecule has 1 aromatic heterocycles. The highest BCUT2D eigenvalue weighted by atomic mass is 15.3. The van der Waals surface area contributed by atoms with Gasteiger partial charge in [0.15, 0.2) is 5.82 Å². The second kappa shape index (κ2) is 9.12. The molecule has 3 rings (SSSR count). The minimum Gasteiger partial charge on any atom is -0.369 e. The summed E-state index contributed by atoms with van der Waals surface area (Å²) in [5.74, 6) is 1.67. The summed E-state index contributed by atoms with van der Waals surface area (Å²) in [6, 6.07) is 16.8. The van der Waals surface area contributed by atoms with Gasteiger partial charge in [0, 0.05) is 12.2 Å². The fraction of sp³-hybridized carbons (Fsp3) is 0.318. The summed E-state index contributed by atoms with van der Waals surface area (Å²) in [6.45, 7) is 7.30. The molecule has 0 saturated heterocycles. The molecule has 1 heterocycles. The van der Waals surface area contributed by atoms with Gasteiger partial charge in [0.2, 0.25) is 5.95 Å². The minimum atomic E-state index is 0.416. The maximum atomic E-state index is 4.56. The van der Waals surface area contributed by atoms with Crippen molar-refractivity contribution in [3.8, 4) is 0 Å². The van der Waals surface area contributed by atoms with E-state index in [4.69, 9.17) is 0 Å². The van der Waals surface area contributed by atoms with Crippen molar-refractivity contribution in [1.29, 1.82) is 0 Å². The quantitative estimate of drug-likeness (QED) is 0.547. The molecule has 0 spiro atoms. The van der Waals surface area contributed by atoms with Gasteiger partial charge < -0.3 is 10.6 Å². The van der Waals surface area contributed by atoms with Gasteiger partial charge in [-0.25, -0.2) is 0 Å². The second-order valence-electron chi connectivity index (χ2n) is 7.00. The van der Waals surface area contributed by atoms with E-state index in [2.05, 4.69) is 89.1 Å². The van der Waals surface area contributed by atoms with Gasteiger partial charge in [0.25, 0.3) is 0 Å². The van der Waals surface area contributed by atoms with Gasteiger partial charge in [-0.3, -0.25) is 0 Å². The molecular formula is C22H27N5. The highest BCUT2D eigenvalue weighted by molar-refractivity contribution is 5.64. The van der Waals surface area contributed by atoms with Crippen LogP contribution in [0.2, 0.25) is 0 Å². The Morgan fingerprint density at radius 1 is 1.00 bits per heavy atom. The van der Waals surface area contributed by atoms with Gasteiger partial charge in [0.05, 0.1) is 6.20 Å². The normalized spacial score (nSPS) is 10.8.